The average Bonchev–Trinajstić information content (AvgIpc) is 3.41. The molecule has 0 bridgehead atoms. The van der Waals surface area contributed by atoms with E-state index in [1.807, 2.05) is 6.07 Å². The number of aliphatic hydroxyl groups excluding tert-OH is 1. The number of benzene rings is 2. The molecule has 2 saturated heterocycles. The molecule has 1 amide bonds. The molecule has 182 valence electrons. The van der Waals surface area contributed by atoms with Crippen molar-refractivity contribution in [2.24, 2.45) is 0 Å². The number of rotatable bonds is 3. The number of nitriles is 1. The Morgan fingerprint density at radius 1 is 1.26 bits per heavy atom. The number of hydrogen-bond acceptors (Lipinski definition) is 7. The maximum atomic E-state index is 13.7. The molecular weight excluding hydrogens is 503 g/mol. The highest BCUT2D eigenvalue weighted by atomic mass is 32.2. The molecule has 3 aliphatic rings. The van der Waals surface area contributed by atoms with Gasteiger partial charge in [0.05, 0.1) is 41.0 Å². The van der Waals surface area contributed by atoms with Gasteiger partial charge in [0.1, 0.15) is 11.9 Å². The molecule has 2 atom stereocenters. The van der Waals surface area contributed by atoms with Gasteiger partial charge in [-0.15, -0.1) is 11.8 Å². The summed E-state index contributed by atoms with van der Waals surface area (Å²) in [6.45, 7) is 0.206. The molecule has 3 aliphatic heterocycles. The van der Waals surface area contributed by atoms with Crippen molar-refractivity contribution in [1.82, 2.24) is 0 Å². The second-order valence-corrected chi connectivity index (χ2v) is 9.72. The van der Waals surface area contributed by atoms with Crippen molar-refractivity contribution in [1.29, 1.82) is 5.26 Å². The summed E-state index contributed by atoms with van der Waals surface area (Å²) in [4.78, 5) is 17.3. The molecular formula is C23H18F3N3O4S2. The van der Waals surface area contributed by atoms with E-state index in [-0.39, 0.29) is 30.1 Å². The van der Waals surface area contributed by atoms with E-state index in [0.29, 0.717) is 30.2 Å². The molecule has 0 radical (unpaired) electrons. The van der Waals surface area contributed by atoms with Crippen molar-refractivity contribution in [3.8, 4) is 11.8 Å². The average molecular weight is 522 g/mol. The summed E-state index contributed by atoms with van der Waals surface area (Å²) in [7, 11) is 0. The van der Waals surface area contributed by atoms with Crippen molar-refractivity contribution in [2.75, 3.05) is 35.4 Å². The zero-order valence-electron chi connectivity index (χ0n) is 18.0. The van der Waals surface area contributed by atoms with Crippen LogP contribution in [0.1, 0.15) is 17.5 Å². The van der Waals surface area contributed by atoms with Crippen LogP contribution in [0, 0.1) is 11.3 Å². The Morgan fingerprint density at radius 3 is 2.69 bits per heavy atom. The second kappa shape index (κ2) is 8.67. The van der Waals surface area contributed by atoms with Gasteiger partial charge in [0.25, 0.3) is 5.91 Å². The first-order valence-electron chi connectivity index (χ1n) is 10.6. The Hall–Kier alpha value is -2.85. The van der Waals surface area contributed by atoms with Crippen molar-refractivity contribution < 1.29 is 32.5 Å². The van der Waals surface area contributed by atoms with Crippen molar-refractivity contribution in [3.63, 3.8) is 0 Å². The predicted octanol–water partition coefficient (Wildman–Crippen LogP) is 3.72. The van der Waals surface area contributed by atoms with E-state index in [1.165, 1.54) is 17.8 Å². The Morgan fingerprint density at radius 2 is 2.03 bits per heavy atom. The van der Waals surface area contributed by atoms with Crippen molar-refractivity contribution in [3.05, 3.63) is 47.5 Å². The lowest BCUT2D eigenvalue weighted by molar-refractivity contribution is -0.137. The number of amides is 1. The fraction of sp³-hybridized carbons (Fsp3) is 0.348. The summed E-state index contributed by atoms with van der Waals surface area (Å²) in [6, 6.07) is 9.92. The summed E-state index contributed by atoms with van der Waals surface area (Å²) in [5, 5.41) is 18.5. The number of hydrogen-bond donors (Lipinski definition) is 1. The minimum Gasteiger partial charge on any atom is -0.486 e. The third-order valence-corrected chi connectivity index (χ3v) is 7.74. The van der Waals surface area contributed by atoms with E-state index in [1.54, 1.807) is 23.1 Å². The van der Waals surface area contributed by atoms with Crippen LogP contribution in [-0.2, 0) is 15.7 Å². The quantitative estimate of drug-likeness (QED) is 0.612. The normalized spacial score (nSPS) is 24.0. The number of aliphatic hydroxyl groups is 1. The molecule has 12 heteroatoms. The lowest BCUT2D eigenvalue weighted by atomic mass is 9.96. The number of carbonyl (C=O) groups excluding carboxylic acids is 1. The van der Waals surface area contributed by atoms with Gasteiger partial charge in [-0.05, 0) is 48.6 Å². The Bertz CT molecular complexity index is 1260. The predicted molar refractivity (Wildman–Crippen MR) is 126 cm³/mol. The Kier molecular flexibility index (Phi) is 5.91. The summed E-state index contributed by atoms with van der Waals surface area (Å²) < 4.78 is 52.1. The molecule has 0 unspecified atom stereocenters. The van der Waals surface area contributed by atoms with Crippen LogP contribution in [0.4, 0.5) is 24.5 Å². The van der Waals surface area contributed by atoms with Gasteiger partial charge in [0, 0.05) is 24.5 Å². The van der Waals surface area contributed by atoms with Gasteiger partial charge in [-0.3, -0.25) is 9.69 Å². The minimum absolute atomic E-state index is 0.0215. The van der Waals surface area contributed by atoms with Crippen LogP contribution in [0.15, 0.2) is 41.3 Å². The largest absolute Gasteiger partial charge is 0.486 e. The van der Waals surface area contributed by atoms with Gasteiger partial charge in [-0.1, -0.05) is 0 Å². The van der Waals surface area contributed by atoms with Crippen molar-refractivity contribution >= 4 is 46.4 Å². The minimum atomic E-state index is -4.78. The fourth-order valence-corrected chi connectivity index (χ4v) is 5.96. The maximum Gasteiger partial charge on any atom is 0.417 e. The van der Waals surface area contributed by atoms with Crippen LogP contribution in [0.3, 0.4) is 0 Å². The zero-order valence-corrected chi connectivity index (χ0v) is 19.7. The maximum absolute atomic E-state index is 13.7. The van der Waals surface area contributed by atoms with Gasteiger partial charge in [0.15, 0.2) is 10.7 Å². The number of carbonyl (C=O) groups is 1. The van der Waals surface area contributed by atoms with Gasteiger partial charge in [-0.25, -0.2) is 0 Å². The fourth-order valence-electron chi connectivity index (χ4n) is 4.49. The van der Waals surface area contributed by atoms with Gasteiger partial charge in [0.2, 0.25) is 0 Å². The Labute approximate surface area is 208 Å². The van der Waals surface area contributed by atoms with E-state index in [0.717, 1.165) is 21.9 Å². The SMILES string of the molecule is N#Cc1ccc(N2C(=O)[C@@]3(CCOC3)N(c3ccc4c(c3)SC[C@@H](CO)O4)C2=S)cc1C(F)(F)F. The second-order valence-electron chi connectivity index (χ2n) is 8.30. The summed E-state index contributed by atoms with van der Waals surface area (Å²) >= 11 is 7.15. The molecule has 5 rings (SSSR count). The van der Waals surface area contributed by atoms with E-state index in [9.17, 15) is 23.1 Å². The smallest absolute Gasteiger partial charge is 0.417 e. The van der Waals surface area contributed by atoms with Gasteiger partial charge < -0.3 is 19.5 Å². The first-order chi connectivity index (χ1) is 16.7. The first-order valence-corrected chi connectivity index (χ1v) is 12.0. The molecule has 0 saturated carbocycles. The van der Waals surface area contributed by atoms with E-state index >= 15 is 0 Å². The van der Waals surface area contributed by atoms with Gasteiger partial charge in [-0.2, -0.15) is 18.4 Å². The summed E-state index contributed by atoms with van der Waals surface area (Å²) in [5.41, 5.74) is -2.36. The van der Waals surface area contributed by atoms with Crippen LogP contribution in [-0.4, -0.2) is 53.3 Å². The van der Waals surface area contributed by atoms with E-state index in [2.05, 4.69) is 0 Å². The molecule has 2 aromatic carbocycles. The van der Waals surface area contributed by atoms with Crippen LogP contribution < -0.4 is 14.5 Å². The molecule has 1 spiro atoms. The molecule has 35 heavy (non-hydrogen) atoms. The van der Waals surface area contributed by atoms with E-state index in [4.69, 9.17) is 27.0 Å². The lowest BCUT2D eigenvalue weighted by Crippen LogP contribution is -2.50. The summed E-state index contributed by atoms with van der Waals surface area (Å²) in [5.74, 6) is 0.651. The molecule has 1 N–H and O–H groups in total. The highest BCUT2D eigenvalue weighted by Crippen LogP contribution is 2.45. The van der Waals surface area contributed by atoms with Crippen molar-refractivity contribution in [2.45, 2.75) is 29.1 Å². The number of nitrogens with zero attached hydrogens (tertiary/aromatic N) is 3. The number of anilines is 2. The number of fused-ring (bicyclic) bond motifs is 1. The molecule has 2 fully saturated rings. The molecule has 2 aromatic rings. The number of thioether (sulfide) groups is 1. The van der Waals surface area contributed by atoms with Crippen LogP contribution in [0.2, 0.25) is 0 Å². The van der Waals surface area contributed by atoms with Crippen LogP contribution in [0.25, 0.3) is 0 Å². The van der Waals surface area contributed by atoms with E-state index < -0.39 is 28.7 Å². The molecule has 0 aromatic heterocycles. The van der Waals surface area contributed by atoms with Gasteiger partial charge >= 0.3 is 6.18 Å². The molecule has 3 heterocycles. The van der Waals surface area contributed by atoms with Crippen LogP contribution >= 0.6 is 24.0 Å². The topological polar surface area (TPSA) is 86.0 Å². The zero-order chi connectivity index (χ0) is 25.0. The third kappa shape index (κ3) is 3.83. The number of thiocarbonyl (C=S) groups is 1. The highest BCUT2D eigenvalue weighted by Gasteiger charge is 2.58. The molecule has 7 nitrogen and oxygen atoms in total. The molecule has 0 aliphatic carbocycles. The number of ether oxygens (including phenoxy) is 2. The first kappa shape index (κ1) is 23.9. The highest BCUT2D eigenvalue weighted by molar-refractivity contribution is 7.99. The summed E-state index contributed by atoms with van der Waals surface area (Å²) in [6.07, 6.45) is -4.79. The monoisotopic (exact) mass is 521 g/mol. The lowest BCUT2D eigenvalue weighted by Gasteiger charge is -2.32. The third-order valence-electron chi connectivity index (χ3n) is 6.21. The van der Waals surface area contributed by atoms with Crippen LogP contribution in [0.5, 0.6) is 5.75 Å². The standard InChI is InChI=1S/C23H18F3N3O4S2/c24-23(25,26)17-7-14(2-1-13(17)9-27)28-20(31)22(5-6-32-12-22)29(21(28)34)15-3-4-18-19(8-15)35-11-16(10-30)33-18/h1-4,7-8,16,30H,5-6,10-12H2/t16-,22+/m1/s1. The number of alkyl halides is 3. The Balaban J connectivity index is 1.58. The number of halogens is 3.